The van der Waals surface area contributed by atoms with Gasteiger partial charge in [-0.3, -0.25) is 14.6 Å². The molecule has 1 heterocycles. The third-order valence-corrected chi connectivity index (χ3v) is 5.83. The van der Waals surface area contributed by atoms with Crippen LogP contribution in [0.15, 0.2) is 33.9 Å². The van der Waals surface area contributed by atoms with Gasteiger partial charge in [0.1, 0.15) is 5.75 Å². The molecule has 0 aliphatic heterocycles. The van der Waals surface area contributed by atoms with Gasteiger partial charge < -0.3 is 15.2 Å². The van der Waals surface area contributed by atoms with Gasteiger partial charge in [0.25, 0.3) is 11.5 Å². The number of amides is 1. The smallest absolute Gasteiger partial charge is 0.440 e. The van der Waals surface area contributed by atoms with Crippen molar-refractivity contribution in [2.75, 3.05) is 0 Å². The van der Waals surface area contributed by atoms with E-state index in [4.69, 9.17) is 27.9 Å². The summed E-state index contributed by atoms with van der Waals surface area (Å²) in [4.78, 5) is 37.4. The van der Waals surface area contributed by atoms with Crippen molar-refractivity contribution in [2.24, 2.45) is 0 Å². The van der Waals surface area contributed by atoms with E-state index in [2.05, 4.69) is 10.4 Å². The van der Waals surface area contributed by atoms with Gasteiger partial charge in [-0.1, -0.05) is 23.2 Å². The maximum atomic E-state index is 14.5. The number of nitrogens with one attached hydrogen (secondary N) is 2. The van der Waals surface area contributed by atoms with Crippen LogP contribution in [0, 0.1) is 5.82 Å². The molecule has 4 rings (SSSR count). The second-order valence-corrected chi connectivity index (χ2v) is 8.57. The minimum absolute atomic E-state index is 0.0643. The molecule has 1 fully saturated rings. The normalized spacial score (nSPS) is 13.8. The van der Waals surface area contributed by atoms with Crippen molar-refractivity contribution in [3.63, 3.8) is 0 Å². The maximum Gasteiger partial charge on any atom is 0.440 e. The Hall–Kier alpha value is -3.58. The van der Waals surface area contributed by atoms with Crippen molar-refractivity contribution in [3.8, 4) is 22.9 Å². The fourth-order valence-corrected chi connectivity index (χ4v) is 3.81. The van der Waals surface area contributed by atoms with Crippen LogP contribution in [0.1, 0.15) is 35.3 Å². The number of aromatic amines is 1. The third kappa shape index (κ3) is 5.02. The van der Waals surface area contributed by atoms with Gasteiger partial charge in [-0.15, -0.1) is 0 Å². The molecule has 0 bridgehead atoms. The number of hydrogen-bond donors (Lipinski definition) is 3. The van der Waals surface area contributed by atoms with Crippen LogP contribution in [-0.2, 0) is 6.18 Å². The minimum atomic E-state index is -5.15. The molecule has 0 atom stereocenters. The van der Waals surface area contributed by atoms with Crippen molar-refractivity contribution >= 4 is 29.1 Å². The summed E-state index contributed by atoms with van der Waals surface area (Å²) in [5, 5.41) is 15.0. The Balaban J connectivity index is 1.69. The van der Waals surface area contributed by atoms with Crippen LogP contribution in [0.25, 0.3) is 5.69 Å². The number of H-pyrrole nitrogens is 1. The largest absolute Gasteiger partial charge is 0.507 e. The van der Waals surface area contributed by atoms with Gasteiger partial charge in [0, 0.05) is 18.2 Å². The molecule has 15 heteroatoms. The first-order valence-corrected chi connectivity index (χ1v) is 10.9. The number of carbonyl (C=O) groups excluding carboxylic acids is 1. The first kappa shape index (κ1) is 25.5. The molecule has 1 amide bonds. The van der Waals surface area contributed by atoms with Gasteiger partial charge in [0.05, 0.1) is 21.3 Å². The van der Waals surface area contributed by atoms with Crippen molar-refractivity contribution in [1.29, 1.82) is 0 Å². The quantitative estimate of drug-likeness (QED) is 0.411. The number of rotatable bonds is 5. The highest BCUT2D eigenvalue weighted by Gasteiger charge is 2.37. The number of hydrogen-bond acceptors (Lipinski definition) is 6. The molecule has 0 spiro atoms. The molecule has 36 heavy (non-hydrogen) atoms. The number of carbonyl (C=O) groups is 1. The maximum absolute atomic E-state index is 14.5. The van der Waals surface area contributed by atoms with Gasteiger partial charge >= 0.3 is 11.9 Å². The van der Waals surface area contributed by atoms with Crippen LogP contribution in [0.4, 0.5) is 17.6 Å². The standard InChI is InChI=1S/C21H14Cl2F4N4O5/c22-11-4-9(31-20(35)29-19(34)17(30-31)21(25,26)27)5-12(23)16(11)36-15-6-10(14(32)7-13(15)24)18(33)28-8-2-1-3-8/h4-8,32H,1-3H2,(H,28,33)(H,29,34,35). The van der Waals surface area contributed by atoms with Crippen molar-refractivity contribution in [1.82, 2.24) is 20.1 Å². The molecule has 3 aromatic rings. The second-order valence-electron chi connectivity index (χ2n) is 7.76. The molecule has 9 nitrogen and oxygen atoms in total. The first-order chi connectivity index (χ1) is 16.8. The number of halogens is 6. The first-order valence-electron chi connectivity index (χ1n) is 10.2. The fraction of sp³-hybridized carbons (Fsp3) is 0.238. The van der Waals surface area contributed by atoms with Crippen LogP contribution < -0.4 is 21.3 Å². The Kier molecular flexibility index (Phi) is 6.71. The topological polar surface area (TPSA) is 126 Å². The molecular formula is C21H14Cl2F4N4O5. The number of aromatic nitrogens is 3. The van der Waals surface area contributed by atoms with Gasteiger partial charge in [-0.2, -0.15) is 23.0 Å². The van der Waals surface area contributed by atoms with Crippen LogP contribution in [0.5, 0.6) is 17.2 Å². The molecule has 1 aliphatic rings. The molecule has 1 aromatic heterocycles. The molecule has 1 aliphatic carbocycles. The van der Waals surface area contributed by atoms with E-state index in [-0.39, 0.29) is 37.8 Å². The van der Waals surface area contributed by atoms with Gasteiger partial charge in [0.2, 0.25) is 5.69 Å². The van der Waals surface area contributed by atoms with E-state index in [1.165, 1.54) is 4.98 Å². The second kappa shape index (κ2) is 9.47. The van der Waals surface area contributed by atoms with E-state index in [1.807, 2.05) is 0 Å². The minimum Gasteiger partial charge on any atom is -0.507 e. The summed E-state index contributed by atoms with van der Waals surface area (Å²) in [6.45, 7) is 0. The summed E-state index contributed by atoms with van der Waals surface area (Å²) in [6.07, 6.45) is -2.67. The highest BCUT2D eigenvalue weighted by atomic mass is 35.5. The summed E-state index contributed by atoms with van der Waals surface area (Å²) >= 11 is 12.3. The Morgan fingerprint density at radius 2 is 1.81 bits per heavy atom. The predicted molar refractivity (Wildman–Crippen MR) is 119 cm³/mol. The van der Waals surface area contributed by atoms with Crippen LogP contribution in [-0.4, -0.2) is 31.8 Å². The molecule has 1 saturated carbocycles. The lowest BCUT2D eigenvalue weighted by atomic mass is 9.93. The van der Waals surface area contributed by atoms with Crippen molar-refractivity contribution in [3.05, 3.63) is 72.2 Å². The molecular weight excluding hydrogens is 535 g/mol. The summed E-state index contributed by atoms with van der Waals surface area (Å²) in [5.41, 5.74) is -5.56. The van der Waals surface area contributed by atoms with Gasteiger partial charge in [-0.25, -0.2) is 9.18 Å². The van der Waals surface area contributed by atoms with E-state index in [0.29, 0.717) is 6.07 Å². The summed E-state index contributed by atoms with van der Waals surface area (Å²) in [5.74, 6) is -3.27. The fourth-order valence-electron chi connectivity index (χ4n) is 3.26. The average Bonchev–Trinajstić information content (AvgIpc) is 2.73. The number of nitrogens with zero attached hydrogens (tertiary/aromatic N) is 2. The summed E-state index contributed by atoms with van der Waals surface area (Å²) in [6, 6.07) is 3.41. The molecule has 0 radical (unpaired) electrons. The zero-order valence-corrected chi connectivity index (χ0v) is 19.3. The van der Waals surface area contributed by atoms with Crippen molar-refractivity contribution < 1.29 is 32.2 Å². The summed E-state index contributed by atoms with van der Waals surface area (Å²) < 4.78 is 59.2. The molecule has 2 aromatic carbocycles. The van der Waals surface area contributed by atoms with Crippen molar-refractivity contribution in [2.45, 2.75) is 31.5 Å². The van der Waals surface area contributed by atoms with E-state index >= 15 is 0 Å². The summed E-state index contributed by atoms with van der Waals surface area (Å²) in [7, 11) is 0. The highest BCUT2D eigenvalue weighted by Crippen LogP contribution is 2.40. The van der Waals surface area contributed by atoms with Crippen LogP contribution in [0.2, 0.25) is 10.0 Å². The Morgan fingerprint density at radius 1 is 1.17 bits per heavy atom. The number of alkyl halides is 3. The zero-order valence-electron chi connectivity index (χ0n) is 17.8. The van der Waals surface area contributed by atoms with E-state index < -0.39 is 46.3 Å². The monoisotopic (exact) mass is 548 g/mol. The number of phenols is 1. The SMILES string of the molecule is O=C(NC1CCC1)c1cc(Oc2c(Cl)cc(-n3nc(C(F)(F)F)c(=O)[nH]c3=O)cc2Cl)c(F)cc1O. The van der Waals surface area contributed by atoms with Crippen LogP contribution >= 0.6 is 23.2 Å². The van der Waals surface area contributed by atoms with Crippen LogP contribution in [0.3, 0.4) is 0 Å². The average molecular weight is 549 g/mol. The molecule has 0 saturated heterocycles. The van der Waals surface area contributed by atoms with E-state index in [1.54, 1.807) is 0 Å². The Bertz CT molecular complexity index is 1460. The van der Waals surface area contributed by atoms with E-state index in [9.17, 15) is 37.1 Å². The third-order valence-electron chi connectivity index (χ3n) is 5.27. The molecule has 0 unspecified atom stereocenters. The van der Waals surface area contributed by atoms with Gasteiger partial charge in [-0.05, 0) is 31.4 Å². The number of phenolic OH excluding ortho intramolecular Hbond substituents is 1. The number of benzene rings is 2. The predicted octanol–water partition coefficient (Wildman–Crippen LogP) is 4.17. The number of ether oxygens (including phenoxy) is 1. The van der Waals surface area contributed by atoms with Gasteiger partial charge in [0.15, 0.2) is 17.3 Å². The lowest BCUT2D eigenvalue weighted by molar-refractivity contribution is -0.143. The lowest BCUT2D eigenvalue weighted by Crippen LogP contribution is -2.39. The number of aromatic hydroxyl groups is 1. The Labute approximate surface area is 208 Å². The zero-order chi connectivity index (χ0) is 26.4. The Morgan fingerprint density at radius 3 is 2.36 bits per heavy atom. The highest BCUT2D eigenvalue weighted by molar-refractivity contribution is 6.37. The van der Waals surface area contributed by atoms with E-state index in [0.717, 1.165) is 37.5 Å². The molecule has 3 N–H and O–H groups in total. The molecule has 190 valence electrons. The lowest BCUT2D eigenvalue weighted by Gasteiger charge is -2.26.